The number of halogens is 10. The number of rotatable bonds is 18. The molecule has 0 saturated heterocycles. The Morgan fingerprint density at radius 1 is 0.640 bits per heavy atom. The number of Topliss-reactive ketones (excluding diaryl/α,β-unsaturated/α-hetero) is 1. The fourth-order valence-electron chi connectivity index (χ4n) is 4.81. The van der Waals surface area contributed by atoms with Crippen molar-refractivity contribution in [3.05, 3.63) is 82.4 Å². The van der Waals surface area contributed by atoms with E-state index in [0.29, 0.717) is 31.0 Å². The van der Waals surface area contributed by atoms with Gasteiger partial charge in [0.05, 0.1) is 18.8 Å². The molecule has 50 heavy (non-hydrogen) atoms. The summed E-state index contributed by atoms with van der Waals surface area (Å²) >= 11 is 0. The van der Waals surface area contributed by atoms with E-state index in [-0.39, 0.29) is 24.2 Å². The van der Waals surface area contributed by atoms with Gasteiger partial charge in [0.1, 0.15) is 11.4 Å². The molecule has 0 bridgehead atoms. The van der Waals surface area contributed by atoms with E-state index in [9.17, 15) is 53.5 Å². The Morgan fingerprint density at radius 3 is 1.70 bits per heavy atom. The van der Waals surface area contributed by atoms with Crippen LogP contribution in [0.3, 0.4) is 0 Å². The smallest absolute Gasteiger partial charge is 0.456 e. The van der Waals surface area contributed by atoms with E-state index in [1.165, 1.54) is 6.92 Å². The number of hydrogen-bond donors (Lipinski definition) is 0. The molecule has 15 heteroatoms. The molecular weight excluding hydrogens is 690 g/mol. The maximum atomic E-state index is 14.9. The largest absolute Gasteiger partial charge is 0.487 e. The number of alkyl halides is 4. The molecule has 3 aromatic rings. The minimum absolute atomic E-state index is 0.0916. The molecule has 5 nitrogen and oxygen atoms in total. The van der Waals surface area contributed by atoms with Gasteiger partial charge in [-0.3, -0.25) is 4.79 Å². The number of unbranched alkanes of at least 4 members (excludes halogenated alkanes) is 7. The van der Waals surface area contributed by atoms with E-state index in [2.05, 4.69) is 16.4 Å². The van der Waals surface area contributed by atoms with Crippen LogP contribution in [-0.4, -0.2) is 37.0 Å². The SMILES string of the molecule is CCCCCCCCCCOc1c(F)c(F)c(C(=O)Oc2ccc(-c3ccc(C(=O)C(F)(OCCC)C(F)(F)F)c(F)c3)cc2F)c(F)c1F. The van der Waals surface area contributed by atoms with Gasteiger partial charge in [-0.05, 0) is 48.2 Å². The third-order valence-electron chi connectivity index (χ3n) is 7.51. The summed E-state index contributed by atoms with van der Waals surface area (Å²) in [4.78, 5) is 24.9. The first-order valence-corrected chi connectivity index (χ1v) is 15.8. The van der Waals surface area contributed by atoms with Gasteiger partial charge in [0.25, 0.3) is 0 Å². The van der Waals surface area contributed by atoms with Crippen LogP contribution in [-0.2, 0) is 4.74 Å². The molecular formula is C35H34F10O5. The lowest BCUT2D eigenvalue weighted by Crippen LogP contribution is -2.51. The van der Waals surface area contributed by atoms with Crippen molar-refractivity contribution in [3.8, 4) is 22.6 Å². The summed E-state index contributed by atoms with van der Waals surface area (Å²) in [6.45, 7) is 2.37. The maximum Gasteiger partial charge on any atom is 0.456 e. The van der Waals surface area contributed by atoms with Crippen LogP contribution in [0.15, 0.2) is 36.4 Å². The first kappa shape index (κ1) is 40.3. The molecule has 0 aromatic heterocycles. The molecule has 3 rings (SSSR count). The Kier molecular flexibility index (Phi) is 14.2. The van der Waals surface area contributed by atoms with E-state index in [1.807, 2.05) is 0 Å². The fraction of sp³-hybridized carbons (Fsp3) is 0.429. The molecule has 0 amide bonds. The average molecular weight is 725 g/mol. The van der Waals surface area contributed by atoms with Gasteiger partial charge in [0.2, 0.25) is 17.4 Å². The average Bonchev–Trinajstić information content (AvgIpc) is 3.07. The minimum Gasteiger partial charge on any atom is -0.487 e. The first-order chi connectivity index (χ1) is 23.6. The number of carbonyl (C=O) groups is 2. The third-order valence-corrected chi connectivity index (χ3v) is 7.51. The molecule has 0 aliphatic carbocycles. The van der Waals surface area contributed by atoms with Crippen molar-refractivity contribution in [1.82, 2.24) is 0 Å². The van der Waals surface area contributed by atoms with Crippen molar-refractivity contribution in [2.75, 3.05) is 13.2 Å². The molecule has 0 spiro atoms. The number of ketones is 1. The molecule has 0 heterocycles. The highest BCUT2D eigenvalue weighted by Gasteiger charge is 2.63. The van der Waals surface area contributed by atoms with Crippen molar-refractivity contribution >= 4 is 11.8 Å². The molecule has 1 unspecified atom stereocenters. The number of ether oxygens (including phenoxy) is 3. The standard InChI is InChI=1S/C35H34F10O5/c1-3-5-6-7-8-9-10-11-17-48-31-29(40)27(38)26(28(39)30(31)41)33(47)50-25-15-13-21(19-24(25)37)20-12-14-22(23(36)18-20)32(46)34(42,35(43,44)45)49-16-4-2/h12-15,18-19H,3-11,16-17H2,1-2H3. The van der Waals surface area contributed by atoms with Gasteiger partial charge >= 0.3 is 18.0 Å². The molecule has 274 valence electrons. The molecule has 1 atom stereocenters. The lowest BCUT2D eigenvalue weighted by atomic mass is 9.98. The van der Waals surface area contributed by atoms with Crippen molar-refractivity contribution in [3.63, 3.8) is 0 Å². The van der Waals surface area contributed by atoms with E-state index in [1.54, 1.807) is 0 Å². The molecule has 0 aliphatic rings. The number of carbonyl (C=O) groups excluding carboxylic acids is 2. The number of benzene rings is 3. The van der Waals surface area contributed by atoms with E-state index >= 15 is 0 Å². The van der Waals surface area contributed by atoms with Crippen molar-refractivity contribution in [2.45, 2.75) is 83.7 Å². The fourth-order valence-corrected chi connectivity index (χ4v) is 4.81. The zero-order valence-corrected chi connectivity index (χ0v) is 27.1. The van der Waals surface area contributed by atoms with Crippen LogP contribution in [0.5, 0.6) is 11.5 Å². The molecule has 0 N–H and O–H groups in total. The van der Waals surface area contributed by atoms with Crippen LogP contribution < -0.4 is 9.47 Å². The van der Waals surface area contributed by atoms with Crippen molar-refractivity contribution in [1.29, 1.82) is 0 Å². The Bertz CT molecular complexity index is 1630. The van der Waals surface area contributed by atoms with Gasteiger partial charge in [0, 0.05) is 0 Å². The predicted molar refractivity (Wildman–Crippen MR) is 162 cm³/mol. The van der Waals surface area contributed by atoms with Gasteiger partial charge in [-0.2, -0.15) is 26.3 Å². The second kappa shape index (κ2) is 17.7. The second-order valence-electron chi connectivity index (χ2n) is 11.3. The van der Waals surface area contributed by atoms with Crippen LogP contribution in [0, 0.1) is 34.9 Å². The van der Waals surface area contributed by atoms with Gasteiger partial charge in [-0.1, -0.05) is 70.9 Å². The van der Waals surface area contributed by atoms with Gasteiger partial charge in [-0.15, -0.1) is 0 Å². The Balaban J connectivity index is 1.74. The number of hydrogen-bond acceptors (Lipinski definition) is 5. The van der Waals surface area contributed by atoms with Crippen molar-refractivity contribution in [2.24, 2.45) is 0 Å². The molecule has 3 aromatic carbocycles. The van der Waals surface area contributed by atoms with Gasteiger partial charge in [-0.25, -0.2) is 22.4 Å². The van der Waals surface area contributed by atoms with E-state index < -0.39 is 87.9 Å². The summed E-state index contributed by atoms with van der Waals surface area (Å²) in [5.74, 6) is -22.9. The second-order valence-corrected chi connectivity index (χ2v) is 11.3. The summed E-state index contributed by atoms with van der Waals surface area (Å²) in [5, 5.41) is 0. The first-order valence-electron chi connectivity index (χ1n) is 15.8. The van der Waals surface area contributed by atoms with E-state index in [0.717, 1.165) is 56.7 Å². The molecule has 0 radical (unpaired) electrons. The summed E-state index contributed by atoms with van der Waals surface area (Å²) in [6.07, 6.45) is 1.17. The monoisotopic (exact) mass is 724 g/mol. The highest BCUT2D eigenvalue weighted by atomic mass is 19.4. The van der Waals surface area contributed by atoms with Crippen LogP contribution in [0.1, 0.15) is 92.4 Å². The van der Waals surface area contributed by atoms with Crippen LogP contribution in [0.25, 0.3) is 11.1 Å². The van der Waals surface area contributed by atoms with Gasteiger partial charge < -0.3 is 14.2 Å². The quantitative estimate of drug-likeness (QED) is 0.0326. The van der Waals surface area contributed by atoms with Crippen LogP contribution in [0.4, 0.5) is 43.9 Å². The molecule has 0 saturated carbocycles. The van der Waals surface area contributed by atoms with Crippen LogP contribution >= 0.6 is 0 Å². The van der Waals surface area contributed by atoms with Gasteiger partial charge in [0.15, 0.2) is 29.0 Å². The zero-order valence-electron chi connectivity index (χ0n) is 27.1. The topological polar surface area (TPSA) is 61.8 Å². The highest BCUT2D eigenvalue weighted by molar-refractivity contribution is 6.02. The third kappa shape index (κ3) is 9.34. The summed E-state index contributed by atoms with van der Waals surface area (Å²) < 4.78 is 157. The number of esters is 1. The van der Waals surface area contributed by atoms with E-state index in [4.69, 9.17) is 4.74 Å². The zero-order chi connectivity index (χ0) is 37.2. The minimum atomic E-state index is -5.84. The Hall–Kier alpha value is -4.14. The lowest BCUT2D eigenvalue weighted by molar-refractivity contribution is -0.304. The lowest BCUT2D eigenvalue weighted by Gasteiger charge is -2.26. The molecule has 0 fully saturated rings. The Morgan fingerprint density at radius 2 is 1.18 bits per heavy atom. The molecule has 0 aliphatic heterocycles. The Labute approximate surface area is 281 Å². The summed E-state index contributed by atoms with van der Waals surface area (Å²) in [5.41, 5.74) is -3.58. The summed E-state index contributed by atoms with van der Waals surface area (Å²) in [6, 6.07) is 4.18. The van der Waals surface area contributed by atoms with Crippen LogP contribution in [0.2, 0.25) is 0 Å². The predicted octanol–water partition coefficient (Wildman–Crippen LogP) is 10.8. The normalized spacial score (nSPS) is 12.9. The highest BCUT2D eigenvalue weighted by Crippen LogP contribution is 2.39. The maximum absolute atomic E-state index is 14.9. The van der Waals surface area contributed by atoms with Crippen molar-refractivity contribution < 1.29 is 67.7 Å². The summed E-state index contributed by atoms with van der Waals surface area (Å²) in [7, 11) is 0.